The van der Waals surface area contributed by atoms with Gasteiger partial charge >= 0.3 is 5.97 Å². The van der Waals surface area contributed by atoms with Crippen LogP contribution in [0.15, 0.2) is 59.7 Å². The lowest BCUT2D eigenvalue weighted by molar-refractivity contribution is -0.0217. The Bertz CT molecular complexity index is 1340. The standard InChI is InChI=1S/C27H26N2O7/c1-32-16-10-8-15(9-11-16)19-14-20-17-6-5-7-21(33-2)24(17)36-26(29(20)28-19)18-12-13-22(34-3)25(35-4)23(18)27(30)31/h5-13,20,26H,14H2,1-4H3,(H,30,31)/t20-,26-/m0/s1. The molecule has 9 nitrogen and oxygen atoms in total. The van der Waals surface area contributed by atoms with Crippen molar-refractivity contribution in [2.45, 2.75) is 18.7 Å². The van der Waals surface area contributed by atoms with Crippen molar-refractivity contribution in [3.63, 3.8) is 0 Å². The number of carbonyl (C=O) groups is 1. The first kappa shape index (κ1) is 23.3. The molecule has 3 aromatic carbocycles. The fraction of sp³-hybridized carbons (Fsp3) is 0.259. The van der Waals surface area contributed by atoms with Crippen LogP contribution in [0.25, 0.3) is 0 Å². The molecule has 3 aromatic rings. The minimum Gasteiger partial charge on any atom is -0.497 e. The predicted octanol–water partition coefficient (Wildman–Crippen LogP) is 4.66. The second-order valence-electron chi connectivity index (χ2n) is 8.29. The van der Waals surface area contributed by atoms with E-state index in [4.69, 9.17) is 28.8 Å². The number of para-hydroxylation sites is 1. The van der Waals surface area contributed by atoms with Crippen molar-refractivity contribution in [3.05, 3.63) is 76.9 Å². The molecule has 2 aliphatic rings. The van der Waals surface area contributed by atoms with E-state index in [1.807, 2.05) is 47.5 Å². The zero-order valence-corrected chi connectivity index (χ0v) is 20.3. The van der Waals surface area contributed by atoms with Crippen LogP contribution in [0.5, 0.6) is 28.7 Å². The number of carboxylic acid groups (broad SMARTS) is 1. The maximum absolute atomic E-state index is 12.4. The molecule has 0 amide bonds. The maximum atomic E-state index is 12.4. The minimum atomic E-state index is -1.16. The first-order chi connectivity index (χ1) is 17.5. The summed E-state index contributed by atoms with van der Waals surface area (Å²) in [7, 11) is 6.07. The molecule has 0 fully saturated rings. The number of benzene rings is 3. The molecule has 36 heavy (non-hydrogen) atoms. The molecule has 0 saturated carbocycles. The van der Waals surface area contributed by atoms with Gasteiger partial charge in [-0.15, -0.1) is 0 Å². The van der Waals surface area contributed by atoms with Crippen molar-refractivity contribution >= 4 is 11.7 Å². The van der Waals surface area contributed by atoms with Gasteiger partial charge in [0.25, 0.3) is 0 Å². The van der Waals surface area contributed by atoms with Crippen LogP contribution in [0.4, 0.5) is 0 Å². The lowest BCUT2D eigenvalue weighted by Gasteiger charge is -2.39. The van der Waals surface area contributed by atoms with E-state index < -0.39 is 12.2 Å². The molecular formula is C27H26N2O7. The fourth-order valence-corrected chi connectivity index (χ4v) is 4.78. The van der Waals surface area contributed by atoms with E-state index in [1.54, 1.807) is 26.4 Å². The molecule has 2 atom stereocenters. The van der Waals surface area contributed by atoms with Gasteiger partial charge in [0, 0.05) is 17.5 Å². The van der Waals surface area contributed by atoms with Crippen molar-refractivity contribution in [3.8, 4) is 28.7 Å². The van der Waals surface area contributed by atoms with E-state index in [0.29, 0.717) is 29.2 Å². The molecular weight excluding hydrogens is 464 g/mol. The SMILES string of the molecule is COc1ccc(C2=NN3[C@@H](C2)c2cccc(OC)c2O[C@H]3c2ccc(OC)c(OC)c2C(=O)O)cc1. The Balaban J connectivity index is 1.68. The van der Waals surface area contributed by atoms with Crippen LogP contribution in [0, 0.1) is 0 Å². The number of carboxylic acids is 1. The number of rotatable bonds is 7. The Morgan fingerprint density at radius 3 is 2.31 bits per heavy atom. The zero-order valence-electron chi connectivity index (χ0n) is 20.3. The van der Waals surface area contributed by atoms with Crippen molar-refractivity contribution < 1.29 is 33.6 Å². The van der Waals surface area contributed by atoms with Gasteiger partial charge in [-0.2, -0.15) is 5.10 Å². The van der Waals surface area contributed by atoms with Crippen LogP contribution in [0.1, 0.15) is 45.7 Å². The van der Waals surface area contributed by atoms with Gasteiger partial charge in [-0.25, -0.2) is 9.80 Å². The lowest BCUT2D eigenvalue weighted by atomic mass is 9.94. The first-order valence-electron chi connectivity index (χ1n) is 11.3. The topological polar surface area (TPSA) is 99.1 Å². The van der Waals surface area contributed by atoms with E-state index in [-0.39, 0.29) is 17.4 Å². The number of fused-ring (bicyclic) bond motifs is 3. The fourth-order valence-electron chi connectivity index (χ4n) is 4.78. The van der Waals surface area contributed by atoms with Crippen molar-refractivity contribution in [1.82, 2.24) is 5.01 Å². The van der Waals surface area contributed by atoms with Crippen LogP contribution in [0.3, 0.4) is 0 Å². The Labute approximate surface area is 208 Å². The van der Waals surface area contributed by atoms with E-state index in [2.05, 4.69) is 0 Å². The van der Waals surface area contributed by atoms with Gasteiger partial charge in [-0.05, 0) is 48.0 Å². The number of methoxy groups -OCH3 is 4. The molecule has 0 aliphatic carbocycles. The summed E-state index contributed by atoms with van der Waals surface area (Å²) in [6, 6.07) is 16.5. The van der Waals surface area contributed by atoms with Crippen LogP contribution in [-0.4, -0.2) is 50.2 Å². The largest absolute Gasteiger partial charge is 0.497 e. The monoisotopic (exact) mass is 490 g/mol. The molecule has 0 unspecified atom stereocenters. The number of aromatic carboxylic acids is 1. The quantitative estimate of drug-likeness (QED) is 0.511. The number of hydrogen-bond acceptors (Lipinski definition) is 8. The molecule has 2 heterocycles. The van der Waals surface area contributed by atoms with E-state index in [0.717, 1.165) is 22.6 Å². The van der Waals surface area contributed by atoms with Gasteiger partial charge in [-0.3, -0.25) is 0 Å². The number of ether oxygens (including phenoxy) is 5. The third-order valence-electron chi connectivity index (χ3n) is 6.48. The Morgan fingerprint density at radius 2 is 1.67 bits per heavy atom. The number of nitrogens with zero attached hydrogens (tertiary/aromatic N) is 2. The van der Waals surface area contributed by atoms with Crippen molar-refractivity contribution in [2.24, 2.45) is 5.10 Å². The van der Waals surface area contributed by atoms with Crippen LogP contribution >= 0.6 is 0 Å². The van der Waals surface area contributed by atoms with Gasteiger partial charge in [0.1, 0.15) is 11.3 Å². The lowest BCUT2D eigenvalue weighted by Crippen LogP contribution is -2.35. The molecule has 5 rings (SSSR count). The molecule has 2 aliphatic heterocycles. The van der Waals surface area contributed by atoms with Gasteiger partial charge in [0.15, 0.2) is 23.0 Å². The van der Waals surface area contributed by atoms with E-state index in [9.17, 15) is 9.90 Å². The highest BCUT2D eigenvalue weighted by molar-refractivity contribution is 6.02. The van der Waals surface area contributed by atoms with Crippen molar-refractivity contribution in [2.75, 3.05) is 28.4 Å². The normalized spacial score (nSPS) is 17.9. The molecule has 0 aromatic heterocycles. The molecule has 0 bridgehead atoms. The van der Waals surface area contributed by atoms with E-state index >= 15 is 0 Å². The van der Waals surface area contributed by atoms with Crippen LogP contribution in [-0.2, 0) is 0 Å². The average molecular weight is 491 g/mol. The van der Waals surface area contributed by atoms with Crippen LogP contribution < -0.4 is 23.7 Å². The van der Waals surface area contributed by atoms with Gasteiger partial charge < -0.3 is 28.8 Å². The number of hydrogen-bond donors (Lipinski definition) is 1. The summed E-state index contributed by atoms with van der Waals surface area (Å²) in [5.41, 5.74) is 3.05. The molecule has 186 valence electrons. The summed E-state index contributed by atoms with van der Waals surface area (Å²) < 4.78 is 28.1. The highest BCUT2D eigenvalue weighted by atomic mass is 16.5. The summed E-state index contributed by atoms with van der Waals surface area (Å²) in [5, 5.41) is 16.9. The second kappa shape index (κ2) is 9.33. The average Bonchev–Trinajstić information content (AvgIpc) is 3.37. The third kappa shape index (κ3) is 3.73. The molecule has 0 spiro atoms. The van der Waals surface area contributed by atoms with Gasteiger partial charge in [0.05, 0.1) is 40.2 Å². The molecule has 1 N–H and O–H groups in total. The number of hydrazone groups is 1. The maximum Gasteiger partial charge on any atom is 0.340 e. The van der Waals surface area contributed by atoms with E-state index in [1.165, 1.54) is 14.2 Å². The Morgan fingerprint density at radius 1 is 0.917 bits per heavy atom. The Kier molecular flexibility index (Phi) is 6.05. The van der Waals surface area contributed by atoms with Gasteiger partial charge in [0.2, 0.25) is 6.23 Å². The highest BCUT2D eigenvalue weighted by Crippen LogP contribution is 2.52. The molecule has 9 heteroatoms. The smallest absolute Gasteiger partial charge is 0.340 e. The third-order valence-corrected chi connectivity index (χ3v) is 6.48. The highest BCUT2D eigenvalue weighted by Gasteiger charge is 2.44. The molecule has 0 radical (unpaired) electrons. The predicted molar refractivity (Wildman–Crippen MR) is 132 cm³/mol. The van der Waals surface area contributed by atoms with Gasteiger partial charge in [-0.1, -0.05) is 12.1 Å². The second-order valence-corrected chi connectivity index (χ2v) is 8.29. The summed E-state index contributed by atoms with van der Waals surface area (Å²) in [6.45, 7) is 0. The summed E-state index contributed by atoms with van der Waals surface area (Å²) in [5.74, 6) is 1.14. The van der Waals surface area contributed by atoms with Crippen molar-refractivity contribution in [1.29, 1.82) is 0 Å². The zero-order chi connectivity index (χ0) is 25.4. The Hall–Kier alpha value is -4.40. The summed E-state index contributed by atoms with van der Waals surface area (Å²) in [4.78, 5) is 12.4. The molecule has 0 saturated heterocycles. The minimum absolute atomic E-state index is 0.0490. The first-order valence-corrected chi connectivity index (χ1v) is 11.3. The summed E-state index contributed by atoms with van der Waals surface area (Å²) in [6.07, 6.45) is -0.248. The van der Waals surface area contributed by atoms with Crippen LogP contribution in [0.2, 0.25) is 0 Å². The summed E-state index contributed by atoms with van der Waals surface area (Å²) >= 11 is 0.